The van der Waals surface area contributed by atoms with E-state index in [2.05, 4.69) is 5.32 Å². The number of Topliss-reactive ketones (excluding diaryl/α,β-unsaturated/α-hetero) is 1. The molecule has 0 bridgehead atoms. The van der Waals surface area contributed by atoms with Crippen molar-refractivity contribution in [3.8, 4) is 5.75 Å². The topological polar surface area (TPSA) is 81.7 Å². The fraction of sp³-hybridized carbons (Fsp3) is 0.250. The van der Waals surface area contributed by atoms with Crippen molar-refractivity contribution >= 4 is 23.3 Å². The van der Waals surface area contributed by atoms with Crippen LogP contribution >= 0.6 is 0 Å². The van der Waals surface area contributed by atoms with E-state index < -0.39 is 18.5 Å². The molecule has 1 amide bonds. The molecule has 2 aromatic rings. The zero-order valence-corrected chi connectivity index (χ0v) is 15.0. The van der Waals surface area contributed by atoms with E-state index in [4.69, 9.17) is 9.47 Å². The lowest BCUT2D eigenvalue weighted by Crippen LogP contribution is -2.23. The van der Waals surface area contributed by atoms with Gasteiger partial charge in [-0.05, 0) is 56.2 Å². The first-order valence-electron chi connectivity index (χ1n) is 8.11. The van der Waals surface area contributed by atoms with Crippen LogP contribution in [0, 0.1) is 13.8 Å². The van der Waals surface area contributed by atoms with Crippen molar-refractivity contribution < 1.29 is 23.9 Å². The molecule has 136 valence electrons. The van der Waals surface area contributed by atoms with Crippen molar-refractivity contribution in [2.45, 2.75) is 20.8 Å². The Morgan fingerprint density at radius 3 is 2.42 bits per heavy atom. The van der Waals surface area contributed by atoms with Crippen LogP contribution in [0.4, 0.5) is 5.69 Å². The van der Waals surface area contributed by atoms with Gasteiger partial charge in [-0.1, -0.05) is 18.2 Å². The van der Waals surface area contributed by atoms with Crippen LogP contribution < -0.4 is 10.1 Å². The summed E-state index contributed by atoms with van der Waals surface area (Å²) in [5, 5.41) is 2.57. The van der Waals surface area contributed by atoms with Gasteiger partial charge in [-0.15, -0.1) is 0 Å². The van der Waals surface area contributed by atoms with Crippen molar-refractivity contribution in [1.29, 1.82) is 0 Å². The minimum absolute atomic E-state index is 0.101. The van der Waals surface area contributed by atoms with Crippen molar-refractivity contribution in [1.82, 2.24) is 0 Å². The Morgan fingerprint density at radius 1 is 0.962 bits per heavy atom. The number of hydrogen-bond acceptors (Lipinski definition) is 5. The number of esters is 1. The first-order chi connectivity index (χ1) is 12.3. The second-order valence-corrected chi connectivity index (χ2v) is 5.88. The maximum Gasteiger partial charge on any atom is 0.344 e. The van der Waals surface area contributed by atoms with Crippen molar-refractivity contribution in [3.05, 3.63) is 59.2 Å². The molecule has 0 atom stereocenters. The molecule has 6 heteroatoms. The van der Waals surface area contributed by atoms with Crippen molar-refractivity contribution in [2.75, 3.05) is 18.5 Å². The minimum atomic E-state index is -0.643. The number of carbonyl (C=O) groups is 3. The monoisotopic (exact) mass is 355 g/mol. The van der Waals surface area contributed by atoms with Gasteiger partial charge in [0.25, 0.3) is 5.91 Å². The maximum absolute atomic E-state index is 11.8. The van der Waals surface area contributed by atoms with E-state index in [9.17, 15) is 14.4 Å². The normalized spacial score (nSPS) is 10.1. The van der Waals surface area contributed by atoms with Gasteiger partial charge in [0.05, 0.1) is 0 Å². The molecule has 0 saturated heterocycles. The highest BCUT2D eigenvalue weighted by Crippen LogP contribution is 2.16. The Balaban J connectivity index is 1.77. The number of aryl methyl sites for hydroxylation is 2. The Morgan fingerprint density at radius 2 is 1.73 bits per heavy atom. The van der Waals surface area contributed by atoms with E-state index in [1.54, 1.807) is 30.3 Å². The van der Waals surface area contributed by atoms with Gasteiger partial charge in [-0.3, -0.25) is 9.59 Å². The van der Waals surface area contributed by atoms with Gasteiger partial charge in [0.2, 0.25) is 0 Å². The van der Waals surface area contributed by atoms with Crippen LogP contribution in [0.1, 0.15) is 28.4 Å². The summed E-state index contributed by atoms with van der Waals surface area (Å²) in [4.78, 5) is 34.9. The summed E-state index contributed by atoms with van der Waals surface area (Å²) in [6, 6.07) is 12.0. The van der Waals surface area contributed by atoms with Crippen LogP contribution in [0.5, 0.6) is 5.75 Å². The predicted octanol–water partition coefficient (Wildman–Crippen LogP) is 3.07. The molecule has 0 aromatic heterocycles. The summed E-state index contributed by atoms with van der Waals surface area (Å²) in [5.41, 5.74) is 3.14. The molecule has 1 N–H and O–H groups in total. The second kappa shape index (κ2) is 8.80. The van der Waals surface area contributed by atoms with Gasteiger partial charge < -0.3 is 14.8 Å². The molecule has 26 heavy (non-hydrogen) atoms. The van der Waals surface area contributed by atoms with Gasteiger partial charge in [0.1, 0.15) is 5.75 Å². The zero-order valence-electron chi connectivity index (χ0n) is 15.0. The number of anilines is 1. The molecule has 0 unspecified atom stereocenters. The number of amides is 1. The number of rotatable bonds is 7. The van der Waals surface area contributed by atoms with Gasteiger partial charge in [0.15, 0.2) is 19.0 Å². The highest BCUT2D eigenvalue weighted by atomic mass is 16.6. The Bertz CT molecular complexity index is 829. The summed E-state index contributed by atoms with van der Waals surface area (Å²) in [6.07, 6.45) is 0. The molecule has 0 radical (unpaired) electrons. The molecular weight excluding hydrogens is 334 g/mol. The van der Waals surface area contributed by atoms with Gasteiger partial charge in [0, 0.05) is 11.3 Å². The Kier molecular flexibility index (Phi) is 6.49. The molecule has 0 fully saturated rings. The molecule has 0 heterocycles. The number of benzene rings is 2. The van der Waals surface area contributed by atoms with Crippen molar-refractivity contribution in [2.24, 2.45) is 0 Å². The summed E-state index contributed by atoms with van der Waals surface area (Å²) in [7, 11) is 0. The molecule has 0 aliphatic heterocycles. The summed E-state index contributed by atoms with van der Waals surface area (Å²) in [5.74, 6) is -0.673. The summed E-state index contributed by atoms with van der Waals surface area (Å²) in [6.45, 7) is 4.66. The van der Waals surface area contributed by atoms with Gasteiger partial charge in [-0.2, -0.15) is 0 Å². The summed E-state index contributed by atoms with van der Waals surface area (Å²) < 4.78 is 10.2. The van der Waals surface area contributed by atoms with Crippen LogP contribution in [0.2, 0.25) is 0 Å². The minimum Gasteiger partial charge on any atom is -0.482 e. The van der Waals surface area contributed by atoms with E-state index in [-0.39, 0.29) is 12.4 Å². The van der Waals surface area contributed by atoms with E-state index in [0.29, 0.717) is 17.0 Å². The van der Waals surface area contributed by atoms with Crippen LogP contribution in [0.25, 0.3) is 0 Å². The third kappa shape index (κ3) is 5.73. The highest BCUT2D eigenvalue weighted by molar-refractivity contribution is 5.97. The maximum atomic E-state index is 11.8. The van der Waals surface area contributed by atoms with E-state index >= 15 is 0 Å². The van der Waals surface area contributed by atoms with E-state index in [1.807, 2.05) is 26.0 Å². The smallest absolute Gasteiger partial charge is 0.344 e. The molecule has 0 saturated carbocycles. The quantitative estimate of drug-likeness (QED) is 0.610. The molecule has 2 rings (SSSR count). The SMILES string of the molecule is CC(=O)c1cccc(NC(=O)COC(=O)COc2ccc(C)c(C)c2)c1. The van der Waals surface area contributed by atoms with Crippen molar-refractivity contribution in [3.63, 3.8) is 0 Å². The average molecular weight is 355 g/mol. The largest absolute Gasteiger partial charge is 0.482 e. The third-order valence-electron chi connectivity index (χ3n) is 3.75. The lowest BCUT2D eigenvalue weighted by atomic mass is 10.1. The lowest BCUT2D eigenvalue weighted by Gasteiger charge is -2.09. The van der Waals surface area contributed by atoms with Crippen LogP contribution in [-0.4, -0.2) is 30.9 Å². The molecule has 6 nitrogen and oxygen atoms in total. The second-order valence-electron chi connectivity index (χ2n) is 5.88. The first-order valence-corrected chi connectivity index (χ1v) is 8.11. The highest BCUT2D eigenvalue weighted by Gasteiger charge is 2.10. The van der Waals surface area contributed by atoms with Crippen LogP contribution in [0.3, 0.4) is 0 Å². The molecule has 0 aliphatic carbocycles. The number of carbonyl (C=O) groups excluding carboxylic acids is 3. The van der Waals surface area contributed by atoms with Crippen LogP contribution in [-0.2, 0) is 14.3 Å². The van der Waals surface area contributed by atoms with Crippen LogP contribution in [0.15, 0.2) is 42.5 Å². The lowest BCUT2D eigenvalue weighted by molar-refractivity contribution is -0.149. The third-order valence-corrected chi connectivity index (χ3v) is 3.75. The standard InChI is InChI=1S/C20H21NO5/c1-13-7-8-18(9-14(13)2)25-12-20(24)26-11-19(23)21-17-6-4-5-16(10-17)15(3)22/h4-10H,11-12H2,1-3H3,(H,21,23). The molecular formula is C20H21NO5. The zero-order chi connectivity index (χ0) is 19.1. The molecule has 0 spiro atoms. The Labute approximate surface area is 152 Å². The fourth-order valence-electron chi connectivity index (χ4n) is 2.15. The molecule has 0 aliphatic rings. The van der Waals surface area contributed by atoms with E-state index in [0.717, 1.165) is 11.1 Å². The number of ether oxygens (including phenoxy) is 2. The summed E-state index contributed by atoms with van der Waals surface area (Å²) >= 11 is 0. The number of nitrogens with one attached hydrogen (secondary N) is 1. The van der Waals surface area contributed by atoms with Gasteiger partial charge in [-0.25, -0.2) is 4.79 Å². The van der Waals surface area contributed by atoms with Gasteiger partial charge >= 0.3 is 5.97 Å². The number of ketones is 1. The number of hydrogen-bond donors (Lipinski definition) is 1. The fourth-order valence-corrected chi connectivity index (χ4v) is 2.15. The van der Waals surface area contributed by atoms with E-state index in [1.165, 1.54) is 6.92 Å². The molecule has 2 aromatic carbocycles. The Hall–Kier alpha value is -3.15. The average Bonchev–Trinajstić information content (AvgIpc) is 2.61. The first kappa shape index (κ1) is 19.2. The predicted molar refractivity (Wildman–Crippen MR) is 97.4 cm³/mol.